The number of amides is 1. The van der Waals surface area contributed by atoms with Gasteiger partial charge in [0.15, 0.2) is 6.61 Å². The van der Waals surface area contributed by atoms with Crippen LogP contribution in [0.2, 0.25) is 0 Å². The SMILES string of the molecule is CCC(=O)Cc1cc(C(=O)NCc2cnc(OCC(F)(F)F)c(C(F)(F)F)c2)cc(C)n1. The van der Waals surface area contributed by atoms with Gasteiger partial charge in [-0.1, -0.05) is 6.92 Å². The first-order chi connectivity index (χ1) is 14.8. The Morgan fingerprint density at radius 1 is 1.09 bits per heavy atom. The number of aryl methyl sites for hydroxylation is 1. The van der Waals surface area contributed by atoms with Gasteiger partial charge in [0, 0.05) is 42.5 Å². The van der Waals surface area contributed by atoms with Crippen molar-refractivity contribution in [2.24, 2.45) is 0 Å². The summed E-state index contributed by atoms with van der Waals surface area (Å²) in [5, 5.41) is 2.41. The van der Waals surface area contributed by atoms with Crippen LogP contribution in [0.15, 0.2) is 24.4 Å². The van der Waals surface area contributed by atoms with Crippen LogP contribution >= 0.6 is 0 Å². The predicted octanol–water partition coefficient (Wildman–Crippen LogP) is 4.20. The molecule has 0 aromatic carbocycles. The number of pyridine rings is 2. The van der Waals surface area contributed by atoms with Crippen LogP contribution in [0.25, 0.3) is 0 Å². The van der Waals surface area contributed by atoms with Gasteiger partial charge in [0.25, 0.3) is 5.91 Å². The normalized spacial score (nSPS) is 11.9. The van der Waals surface area contributed by atoms with Crippen molar-refractivity contribution >= 4 is 11.7 Å². The van der Waals surface area contributed by atoms with Gasteiger partial charge in [-0.15, -0.1) is 0 Å². The van der Waals surface area contributed by atoms with Crippen LogP contribution in [0.5, 0.6) is 5.88 Å². The molecule has 1 N–H and O–H groups in total. The van der Waals surface area contributed by atoms with Crippen LogP contribution in [0.4, 0.5) is 26.3 Å². The van der Waals surface area contributed by atoms with Crippen molar-refractivity contribution in [3.8, 4) is 5.88 Å². The van der Waals surface area contributed by atoms with E-state index < -0.39 is 36.3 Å². The van der Waals surface area contributed by atoms with Crippen LogP contribution in [-0.4, -0.2) is 34.4 Å². The van der Waals surface area contributed by atoms with Crippen molar-refractivity contribution in [1.29, 1.82) is 0 Å². The second kappa shape index (κ2) is 9.96. The largest absolute Gasteiger partial charge is 0.468 e. The number of hydrogen-bond donors (Lipinski definition) is 1. The fourth-order valence-electron chi connectivity index (χ4n) is 2.63. The lowest BCUT2D eigenvalue weighted by Crippen LogP contribution is -2.24. The van der Waals surface area contributed by atoms with E-state index in [-0.39, 0.29) is 29.9 Å². The molecule has 12 heteroatoms. The number of carbonyl (C=O) groups excluding carboxylic acids is 2. The third kappa shape index (κ3) is 7.50. The highest BCUT2D eigenvalue weighted by Crippen LogP contribution is 2.36. The van der Waals surface area contributed by atoms with E-state index >= 15 is 0 Å². The zero-order chi connectivity index (χ0) is 24.1. The molecule has 2 aromatic heterocycles. The van der Waals surface area contributed by atoms with E-state index in [2.05, 4.69) is 20.0 Å². The standard InChI is InChI=1S/C20H19F6N3O3/c1-3-15(30)7-14-6-13(4-11(2)29-14)17(31)27-8-12-5-16(20(24,25)26)18(28-9-12)32-10-19(21,22)23/h4-6,9H,3,7-8,10H2,1-2H3,(H,27,31). The van der Waals surface area contributed by atoms with Gasteiger partial charge < -0.3 is 10.1 Å². The Hall–Kier alpha value is -3.18. The third-order valence-corrected chi connectivity index (χ3v) is 4.08. The summed E-state index contributed by atoms with van der Waals surface area (Å²) in [7, 11) is 0. The summed E-state index contributed by atoms with van der Waals surface area (Å²) in [6, 6.07) is 3.41. The van der Waals surface area contributed by atoms with E-state index in [1.54, 1.807) is 13.8 Å². The Kier molecular flexibility index (Phi) is 7.81. The van der Waals surface area contributed by atoms with Gasteiger partial charge in [0.2, 0.25) is 5.88 Å². The first-order valence-electron chi connectivity index (χ1n) is 9.31. The summed E-state index contributed by atoms with van der Waals surface area (Å²) < 4.78 is 80.6. The molecule has 0 fully saturated rings. The number of hydrogen-bond acceptors (Lipinski definition) is 5. The van der Waals surface area contributed by atoms with Gasteiger partial charge in [-0.2, -0.15) is 26.3 Å². The van der Waals surface area contributed by atoms with E-state index in [1.165, 1.54) is 12.1 Å². The molecule has 2 aromatic rings. The lowest BCUT2D eigenvalue weighted by molar-refractivity contribution is -0.159. The Bertz CT molecular complexity index is 990. The van der Waals surface area contributed by atoms with Crippen molar-refractivity contribution in [1.82, 2.24) is 15.3 Å². The Morgan fingerprint density at radius 2 is 1.78 bits per heavy atom. The van der Waals surface area contributed by atoms with Gasteiger partial charge in [-0.3, -0.25) is 14.6 Å². The minimum atomic E-state index is -5.02. The Morgan fingerprint density at radius 3 is 2.38 bits per heavy atom. The molecule has 0 spiro atoms. The molecule has 0 radical (unpaired) electrons. The molecular weight excluding hydrogens is 444 g/mol. The molecule has 0 aliphatic carbocycles. The number of Topliss-reactive ketones (excluding diaryl/α,β-unsaturated/α-hetero) is 1. The number of halogens is 6. The molecule has 0 aliphatic heterocycles. The van der Waals surface area contributed by atoms with Gasteiger partial charge in [0.05, 0.1) is 0 Å². The van der Waals surface area contributed by atoms with E-state index in [9.17, 15) is 35.9 Å². The van der Waals surface area contributed by atoms with Crippen molar-refractivity contribution in [3.63, 3.8) is 0 Å². The van der Waals surface area contributed by atoms with Crippen LogP contribution in [0, 0.1) is 6.92 Å². The van der Waals surface area contributed by atoms with Gasteiger partial charge in [0.1, 0.15) is 11.3 Å². The Labute approximate surface area is 179 Å². The summed E-state index contributed by atoms with van der Waals surface area (Å²) >= 11 is 0. The molecule has 6 nitrogen and oxygen atoms in total. The molecule has 0 bridgehead atoms. The van der Waals surface area contributed by atoms with E-state index in [0.29, 0.717) is 23.9 Å². The number of rotatable bonds is 8. The number of alkyl halides is 6. The summed E-state index contributed by atoms with van der Waals surface area (Å²) in [5.41, 5.74) is -0.575. The third-order valence-electron chi connectivity index (χ3n) is 4.08. The summed E-state index contributed by atoms with van der Waals surface area (Å²) in [6.45, 7) is 1.01. The first-order valence-corrected chi connectivity index (χ1v) is 9.31. The maximum absolute atomic E-state index is 13.2. The highest BCUT2D eigenvalue weighted by molar-refractivity contribution is 5.94. The lowest BCUT2D eigenvalue weighted by Gasteiger charge is -2.15. The summed E-state index contributed by atoms with van der Waals surface area (Å²) in [6.07, 6.45) is -8.63. The second-order valence-corrected chi connectivity index (χ2v) is 6.84. The number of carbonyl (C=O) groups is 2. The van der Waals surface area contributed by atoms with Crippen molar-refractivity contribution in [3.05, 3.63) is 52.5 Å². The van der Waals surface area contributed by atoms with Gasteiger partial charge in [-0.25, -0.2) is 4.98 Å². The quantitative estimate of drug-likeness (QED) is 0.594. The summed E-state index contributed by atoms with van der Waals surface area (Å²) in [4.78, 5) is 31.5. The van der Waals surface area contributed by atoms with Crippen LogP contribution in [0.1, 0.15) is 46.2 Å². The Balaban J connectivity index is 2.16. The predicted molar refractivity (Wildman–Crippen MR) is 99.9 cm³/mol. The van der Waals surface area contributed by atoms with Gasteiger partial charge >= 0.3 is 12.4 Å². The molecule has 0 aliphatic rings. The number of aromatic nitrogens is 2. The average Bonchev–Trinajstić information content (AvgIpc) is 2.68. The molecule has 0 saturated carbocycles. The highest BCUT2D eigenvalue weighted by Gasteiger charge is 2.37. The smallest absolute Gasteiger partial charge is 0.422 e. The molecule has 0 atom stereocenters. The molecule has 32 heavy (non-hydrogen) atoms. The van der Waals surface area contributed by atoms with E-state index in [1.807, 2.05) is 0 Å². The average molecular weight is 463 g/mol. The van der Waals surface area contributed by atoms with E-state index in [4.69, 9.17) is 0 Å². The first kappa shape index (κ1) is 25.1. The molecule has 2 heterocycles. The number of nitrogens with one attached hydrogen (secondary N) is 1. The monoisotopic (exact) mass is 463 g/mol. The van der Waals surface area contributed by atoms with Gasteiger partial charge in [-0.05, 0) is 30.7 Å². The molecule has 1 amide bonds. The lowest BCUT2D eigenvalue weighted by atomic mass is 10.1. The molecule has 0 unspecified atom stereocenters. The molecule has 2 rings (SSSR count). The van der Waals surface area contributed by atoms with Crippen molar-refractivity contribution < 1.29 is 40.7 Å². The number of ketones is 1. The number of nitrogens with zero attached hydrogens (tertiary/aromatic N) is 2. The zero-order valence-electron chi connectivity index (χ0n) is 17.0. The maximum atomic E-state index is 13.2. The van der Waals surface area contributed by atoms with Crippen LogP contribution in [0.3, 0.4) is 0 Å². The summed E-state index contributed by atoms with van der Waals surface area (Å²) in [5.74, 6) is -1.92. The second-order valence-electron chi connectivity index (χ2n) is 6.84. The molecule has 174 valence electrons. The highest BCUT2D eigenvalue weighted by atomic mass is 19.4. The van der Waals surface area contributed by atoms with Crippen molar-refractivity contribution in [2.45, 2.75) is 45.6 Å². The zero-order valence-corrected chi connectivity index (χ0v) is 17.0. The number of ether oxygens (including phenoxy) is 1. The van der Waals surface area contributed by atoms with Crippen LogP contribution < -0.4 is 10.1 Å². The van der Waals surface area contributed by atoms with E-state index in [0.717, 1.165) is 6.20 Å². The fraction of sp³-hybridized carbons (Fsp3) is 0.400. The maximum Gasteiger partial charge on any atom is 0.422 e. The van der Waals surface area contributed by atoms with Crippen LogP contribution in [-0.2, 0) is 23.9 Å². The van der Waals surface area contributed by atoms with Crippen molar-refractivity contribution in [2.75, 3.05) is 6.61 Å². The molecule has 0 saturated heterocycles. The minimum absolute atomic E-state index is 0.0384. The molecular formula is C20H19F6N3O3. The topological polar surface area (TPSA) is 81.2 Å². The minimum Gasteiger partial charge on any atom is -0.468 e. The fourth-order valence-corrected chi connectivity index (χ4v) is 2.63.